The number of hydrogen-bond donors (Lipinski definition) is 1. The predicted octanol–water partition coefficient (Wildman–Crippen LogP) is 1.08. The summed E-state index contributed by atoms with van der Waals surface area (Å²) >= 11 is 0. The van der Waals surface area contributed by atoms with Crippen molar-refractivity contribution in [1.82, 2.24) is 29.3 Å². The fourth-order valence-corrected chi connectivity index (χ4v) is 3.41. The molecule has 130 valence electrons. The van der Waals surface area contributed by atoms with Crippen LogP contribution in [-0.2, 0) is 7.05 Å². The SMILES string of the molecule is Cc1cc2nc(C3CCN(C(=O)c4ccn(C)n4)CC3)cc(=O)n2[nH]1. The molecule has 0 spiro atoms. The third kappa shape index (κ3) is 2.84. The van der Waals surface area contributed by atoms with Gasteiger partial charge in [0.15, 0.2) is 5.65 Å². The second kappa shape index (κ2) is 5.87. The standard InChI is InChI=1S/C17H20N6O2/c1-11-9-15-18-14(10-16(24)23(15)19-11)12-3-7-22(8-4-12)17(25)13-5-6-21(2)20-13/h5-6,9-10,12,19H,3-4,7-8H2,1-2H3. The van der Waals surface area contributed by atoms with Gasteiger partial charge in [0.05, 0.1) is 5.69 Å². The second-order valence-electron chi connectivity index (χ2n) is 6.59. The maximum Gasteiger partial charge on any atom is 0.274 e. The number of amides is 1. The summed E-state index contributed by atoms with van der Waals surface area (Å²) in [7, 11) is 1.80. The molecule has 4 rings (SSSR count). The van der Waals surface area contributed by atoms with Crippen LogP contribution >= 0.6 is 0 Å². The van der Waals surface area contributed by atoms with Crippen molar-refractivity contribution in [3.05, 3.63) is 51.8 Å². The third-order valence-electron chi connectivity index (χ3n) is 4.73. The highest BCUT2D eigenvalue weighted by atomic mass is 16.2. The van der Waals surface area contributed by atoms with Crippen molar-refractivity contribution in [3.8, 4) is 0 Å². The highest BCUT2D eigenvalue weighted by Crippen LogP contribution is 2.27. The first-order valence-electron chi connectivity index (χ1n) is 8.39. The molecule has 1 amide bonds. The van der Waals surface area contributed by atoms with Gasteiger partial charge in [0.25, 0.3) is 11.5 Å². The van der Waals surface area contributed by atoms with E-state index in [0.717, 1.165) is 24.2 Å². The Morgan fingerprint density at radius 1 is 1.28 bits per heavy atom. The summed E-state index contributed by atoms with van der Waals surface area (Å²) in [4.78, 5) is 31.1. The van der Waals surface area contributed by atoms with Crippen LogP contribution < -0.4 is 5.56 Å². The van der Waals surface area contributed by atoms with E-state index in [0.29, 0.717) is 24.4 Å². The van der Waals surface area contributed by atoms with E-state index in [1.54, 1.807) is 30.1 Å². The Morgan fingerprint density at radius 3 is 2.72 bits per heavy atom. The molecule has 1 aliphatic heterocycles. The fourth-order valence-electron chi connectivity index (χ4n) is 3.41. The number of carbonyl (C=O) groups is 1. The number of fused-ring (bicyclic) bond motifs is 1. The molecular formula is C17H20N6O2. The quantitative estimate of drug-likeness (QED) is 0.756. The zero-order valence-electron chi connectivity index (χ0n) is 14.3. The molecule has 0 atom stereocenters. The first-order chi connectivity index (χ1) is 12.0. The summed E-state index contributed by atoms with van der Waals surface area (Å²) in [6.07, 6.45) is 3.36. The average Bonchev–Trinajstić information content (AvgIpc) is 3.19. The van der Waals surface area contributed by atoms with Gasteiger partial charge in [-0.2, -0.15) is 5.10 Å². The van der Waals surface area contributed by atoms with E-state index in [1.165, 1.54) is 4.52 Å². The number of carbonyl (C=O) groups excluding carboxylic acids is 1. The molecule has 8 heteroatoms. The van der Waals surface area contributed by atoms with Gasteiger partial charge in [-0.15, -0.1) is 0 Å². The van der Waals surface area contributed by atoms with E-state index in [1.807, 2.05) is 17.9 Å². The van der Waals surface area contributed by atoms with Crippen molar-refractivity contribution in [2.75, 3.05) is 13.1 Å². The number of aromatic amines is 1. The normalized spacial score (nSPS) is 15.8. The number of piperidine rings is 1. The van der Waals surface area contributed by atoms with Crippen molar-refractivity contribution in [1.29, 1.82) is 0 Å². The Morgan fingerprint density at radius 2 is 2.04 bits per heavy atom. The minimum Gasteiger partial charge on any atom is -0.337 e. The predicted molar refractivity (Wildman–Crippen MR) is 91.6 cm³/mol. The van der Waals surface area contributed by atoms with Crippen LogP contribution in [0.5, 0.6) is 0 Å². The number of nitrogens with zero attached hydrogens (tertiary/aromatic N) is 5. The Kier molecular flexibility index (Phi) is 3.67. The van der Waals surface area contributed by atoms with E-state index >= 15 is 0 Å². The van der Waals surface area contributed by atoms with E-state index in [9.17, 15) is 9.59 Å². The fraction of sp³-hybridized carbons (Fsp3) is 0.412. The second-order valence-corrected chi connectivity index (χ2v) is 6.59. The minimum absolute atomic E-state index is 0.0382. The Balaban J connectivity index is 1.50. The van der Waals surface area contributed by atoms with E-state index < -0.39 is 0 Å². The van der Waals surface area contributed by atoms with Crippen molar-refractivity contribution in [2.45, 2.75) is 25.7 Å². The van der Waals surface area contributed by atoms with Crippen molar-refractivity contribution in [2.24, 2.45) is 7.05 Å². The molecule has 0 bridgehead atoms. The smallest absolute Gasteiger partial charge is 0.274 e. The summed E-state index contributed by atoms with van der Waals surface area (Å²) in [5, 5.41) is 7.16. The lowest BCUT2D eigenvalue weighted by molar-refractivity contribution is 0.0705. The number of H-pyrrole nitrogens is 1. The maximum absolute atomic E-state index is 12.5. The number of hydrogen-bond acceptors (Lipinski definition) is 4. The molecule has 4 heterocycles. The van der Waals surface area contributed by atoms with Crippen molar-refractivity contribution < 1.29 is 4.79 Å². The third-order valence-corrected chi connectivity index (χ3v) is 4.73. The van der Waals surface area contributed by atoms with Crippen molar-refractivity contribution in [3.63, 3.8) is 0 Å². The molecule has 1 aliphatic rings. The Hall–Kier alpha value is -2.90. The summed E-state index contributed by atoms with van der Waals surface area (Å²) in [6, 6.07) is 5.20. The number of rotatable bonds is 2. The number of aryl methyl sites for hydroxylation is 2. The Bertz CT molecular complexity index is 990. The summed E-state index contributed by atoms with van der Waals surface area (Å²) in [5.74, 6) is 0.157. The van der Waals surface area contributed by atoms with Crippen molar-refractivity contribution >= 4 is 11.6 Å². The lowest BCUT2D eigenvalue weighted by Crippen LogP contribution is -2.38. The lowest BCUT2D eigenvalue weighted by atomic mass is 9.93. The highest BCUT2D eigenvalue weighted by Gasteiger charge is 2.27. The van der Waals surface area contributed by atoms with Crippen LogP contribution in [0.25, 0.3) is 5.65 Å². The molecule has 25 heavy (non-hydrogen) atoms. The van der Waals surface area contributed by atoms with E-state index in [4.69, 9.17) is 0 Å². The summed E-state index contributed by atoms with van der Waals surface area (Å²) in [5.41, 5.74) is 2.74. The monoisotopic (exact) mass is 340 g/mol. The zero-order chi connectivity index (χ0) is 17.6. The first kappa shape index (κ1) is 15.6. The van der Waals surface area contributed by atoms with Gasteiger partial charge in [-0.25, -0.2) is 9.50 Å². The van der Waals surface area contributed by atoms with Gasteiger partial charge in [0, 0.05) is 50.1 Å². The van der Waals surface area contributed by atoms with Gasteiger partial charge < -0.3 is 4.90 Å². The molecule has 0 aliphatic carbocycles. The topological polar surface area (TPSA) is 88.3 Å². The van der Waals surface area contributed by atoms with Gasteiger partial charge in [-0.3, -0.25) is 19.4 Å². The minimum atomic E-state index is -0.0971. The molecule has 0 aromatic carbocycles. The van der Waals surface area contributed by atoms with Gasteiger partial charge in [-0.1, -0.05) is 0 Å². The summed E-state index contributed by atoms with van der Waals surface area (Å²) < 4.78 is 3.09. The Labute approximate surface area is 144 Å². The first-order valence-corrected chi connectivity index (χ1v) is 8.39. The molecule has 3 aromatic heterocycles. The van der Waals surface area contributed by atoms with Gasteiger partial charge in [-0.05, 0) is 25.8 Å². The van der Waals surface area contributed by atoms with E-state index in [-0.39, 0.29) is 17.4 Å². The van der Waals surface area contributed by atoms with E-state index in [2.05, 4.69) is 15.2 Å². The number of likely N-dealkylation sites (tertiary alicyclic amines) is 1. The van der Waals surface area contributed by atoms with Crippen LogP contribution in [0.2, 0.25) is 0 Å². The number of aromatic nitrogens is 5. The van der Waals surface area contributed by atoms with Crippen LogP contribution in [0.15, 0.2) is 29.2 Å². The summed E-state index contributed by atoms with van der Waals surface area (Å²) in [6.45, 7) is 3.19. The van der Waals surface area contributed by atoms with Crippen LogP contribution in [0, 0.1) is 6.92 Å². The highest BCUT2D eigenvalue weighted by molar-refractivity contribution is 5.92. The molecule has 1 fully saturated rings. The van der Waals surface area contributed by atoms with Crippen LogP contribution in [0.3, 0.4) is 0 Å². The molecule has 0 radical (unpaired) electrons. The molecule has 0 unspecified atom stereocenters. The van der Waals surface area contributed by atoms with Gasteiger partial charge in [0.1, 0.15) is 5.69 Å². The molecule has 1 N–H and O–H groups in total. The van der Waals surface area contributed by atoms with Crippen LogP contribution in [-0.4, -0.2) is 48.3 Å². The van der Waals surface area contributed by atoms with Gasteiger partial charge in [0.2, 0.25) is 0 Å². The molecular weight excluding hydrogens is 320 g/mol. The largest absolute Gasteiger partial charge is 0.337 e. The maximum atomic E-state index is 12.5. The van der Waals surface area contributed by atoms with Crippen LogP contribution in [0.4, 0.5) is 0 Å². The lowest BCUT2D eigenvalue weighted by Gasteiger charge is -2.31. The molecule has 8 nitrogen and oxygen atoms in total. The average molecular weight is 340 g/mol. The molecule has 3 aromatic rings. The molecule has 1 saturated heterocycles. The molecule has 0 saturated carbocycles. The van der Waals surface area contributed by atoms with Gasteiger partial charge >= 0.3 is 0 Å². The number of nitrogens with one attached hydrogen (secondary N) is 1. The zero-order valence-corrected chi connectivity index (χ0v) is 14.3. The van der Waals surface area contributed by atoms with Crippen LogP contribution in [0.1, 0.15) is 40.6 Å².